The van der Waals surface area contributed by atoms with Crippen molar-refractivity contribution in [2.24, 2.45) is 0 Å². The standard InChI is InChI=1S/C15H14Cl2O3/c1-9(18)12(15(19)20-11-5-3-6-11)8-10-4-2-7-13(16)14(10)17/h2,4,7-8,11H,3,5-6H2,1H3. The van der Waals surface area contributed by atoms with Gasteiger partial charge in [-0.2, -0.15) is 0 Å². The van der Waals surface area contributed by atoms with Crippen molar-refractivity contribution in [1.29, 1.82) is 0 Å². The second-order valence-electron chi connectivity index (χ2n) is 4.72. The summed E-state index contributed by atoms with van der Waals surface area (Å²) < 4.78 is 5.25. The lowest BCUT2D eigenvalue weighted by Gasteiger charge is -2.25. The minimum atomic E-state index is -0.599. The number of esters is 1. The van der Waals surface area contributed by atoms with E-state index in [4.69, 9.17) is 27.9 Å². The molecule has 0 atom stereocenters. The quantitative estimate of drug-likeness (QED) is 0.364. The largest absolute Gasteiger partial charge is 0.459 e. The third-order valence-electron chi connectivity index (χ3n) is 3.21. The minimum Gasteiger partial charge on any atom is -0.459 e. The van der Waals surface area contributed by atoms with Crippen molar-refractivity contribution in [3.05, 3.63) is 39.4 Å². The van der Waals surface area contributed by atoms with Gasteiger partial charge in [-0.3, -0.25) is 4.79 Å². The molecule has 1 saturated carbocycles. The number of carbonyl (C=O) groups excluding carboxylic acids is 2. The highest BCUT2D eigenvalue weighted by atomic mass is 35.5. The molecular formula is C15H14Cl2O3. The summed E-state index contributed by atoms with van der Waals surface area (Å²) in [5.41, 5.74) is 0.510. The molecule has 0 bridgehead atoms. The van der Waals surface area contributed by atoms with E-state index in [1.807, 2.05) is 0 Å². The lowest BCUT2D eigenvalue weighted by atomic mass is 9.96. The van der Waals surface area contributed by atoms with E-state index in [9.17, 15) is 9.59 Å². The fourth-order valence-corrected chi connectivity index (χ4v) is 2.16. The maximum absolute atomic E-state index is 12.0. The number of ketones is 1. The molecule has 0 aromatic heterocycles. The Hall–Kier alpha value is -1.32. The van der Waals surface area contributed by atoms with E-state index in [-0.39, 0.29) is 17.5 Å². The molecule has 0 heterocycles. The van der Waals surface area contributed by atoms with Gasteiger partial charge in [0.2, 0.25) is 0 Å². The van der Waals surface area contributed by atoms with Gasteiger partial charge < -0.3 is 4.74 Å². The van der Waals surface area contributed by atoms with Gasteiger partial charge >= 0.3 is 5.97 Å². The van der Waals surface area contributed by atoms with Crippen molar-refractivity contribution in [3.8, 4) is 0 Å². The van der Waals surface area contributed by atoms with Crippen LogP contribution >= 0.6 is 23.2 Å². The van der Waals surface area contributed by atoms with Crippen LogP contribution in [0.25, 0.3) is 6.08 Å². The Bertz CT molecular complexity index is 574. The maximum Gasteiger partial charge on any atom is 0.342 e. The number of halogens is 2. The summed E-state index contributed by atoms with van der Waals surface area (Å²) in [4.78, 5) is 23.6. The van der Waals surface area contributed by atoms with Crippen LogP contribution in [0.2, 0.25) is 10.0 Å². The first kappa shape index (κ1) is 15.1. The Labute approximate surface area is 127 Å². The Balaban J connectivity index is 2.27. The second kappa shape index (κ2) is 6.42. The highest BCUT2D eigenvalue weighted by Gasteiger charge is 2.25. The first-order chi connectivity index (χ1) is 9.49. The van der Waals surface area contributed by atoms with Crippen LogP contribution in [0.15, 0.2) is 23.8 Å². The number of hydrogen-bond donors (Lipinski definition) is 0. The van der Waals surface area contributed by atoms with Crippen LogP contribution in [0.5, 0.6) is 0 Å². The van der Waals surface area contributed by atoms with E-state index in [1.165, 1.54) is 13.0 Å². The molecule has 0 amide bonds. The lowest BCUT2D eigenvalue weighted by Crippen LogP contribution is -2.27. The fraction of sp³-hybridized carbons (Fsp3) is 0.333. The molecule has 1 aliphatic rings. The molecular weight excluding hydrogens is 299 g/mol. The van der Waals surface area contributed by atoms with Crippen LogP contribution in [0.3, 0.4) is 0 Å². The third kappa shape index (κ3) is 3.41. The third-order valence-corrected chi connectivity index (χ3v) is 4.04. The first-order valence-electron chi connectivity index (χ1n) is 6.36. The minimum absolute atomic E-state index is 0.0129. The Kier molecular flexibility index (Phi) is 4.84. The van der Waals surface area contributed by atoms with Gasteiger partial charge in [-0.15, -0.1) is 0 Å². The molecule has 0 unspecified atom stereocenters. The Morgan fingerprint density at radius 1 is 1.30 bits per heavy atom. The van der Waals surface area contributed by atoms with Crippen molar-refractivity contribution < 1.29 is 14.3 Å². The van der Waals surface area contributed by atoms with Crippen LogP contribution in [0.4, 0.5) is 0 Å². The van der Waals surface area contributed by atoms with Crippen molar-refractivity contribution in [2.75, 3.05) is 0 Å². The summed E-state index contributed by atoms with van der Waals surface area (Å²) in [7, 11) is 0. The smallest absolute Gasteiger partial charge is 0.342 e. The summed E-state index contributed by atoms with van der Waals surface area (Å²) >= 11 is 12.0. The van der Waals surface area contributed by atoms with Gasteiger partial charge in [-0.05, 0) is 43.9 Å². The number of benzene rings is 1. The molecule has 0 N–H and O–H groups in total. The summed E-state index contributed by atoms with van der Waals surface area (Å²) in [5.74, 6) is -0.955. The van der Waals surface area contributed by atoms with Gasteiger partial charge in [0.25, 0.3) is 0 Å². The van der Waals surface area contributed by atoms with Crippen molar-refractivity contribution in [2.45, 2.75) is 32.3 Å². The number of Topliss-reactive ketones (excluding diaryl/α,β-unsaturated/α-hetero) is 1. The van der Waals surface area contributed by atoms with E-state index < -0.39 is 5.97 Å². The first-order valence-corrected chi connectivity index (χ1v) is 7.12. The van der Waals surface area contributed by atoms with Gasteiger partial charge in [0.1, 0.15) is 11.7 Å². The highest BCUT2D eigenvalue weighted by Crippen LogP contribution is 2.28. The molecule has 0 spiro atoms. The number of carbonyl (C=O) groups is 2. The molecule has 1 aromatic carbocycles. The predicted molar refractivity (Wildman–Crippen MR) is 78.9 cm³/mol. The topological polar surface area (TPSA) is 43.4 Å². The van der Waals surface area contributed by atoms with Crippen LogP contribution in [-0.2, 0) is 14.3 Å². The molecule has 1 aliphatic carbocycles. The van der Waals surface area contributed by atoms with Crippen LogP contribution in [0, 0.1) is 0 Å². The zero-order valence-electron chi connectivity index (χ0n) is 11.0. The molecule has 5 heteroatoms. The summed E-state index contributed by atoms with van der Waals surface area (Å²) in [6.07, 6.45) is 4.12. The molecule has 1 aromatic rings. The van der Waals surface area contributed by atoms with Crippen LogP contribution in [-0.4, -0.2) is 17.9 Å². The van der Waals surface area contributed by atoms with E-state index in [1.54, 1.807) is 18.2 Å². The summed E-state index contributed by atoms with van der Waals surface area (Å²) in [6.45, 7) is 1.33. The van der Waals surface area contributed by atoms with Gasteiger partial charge in [0, 0.05) is 0 Å². The van der Waals surface area contributed by atoms with Gasteiger partial charge in [-0.25, -0.2) is 4.79 Å². The molecule has 3 nitrogen and oxygen atoms in total. The number of rotatable bonds is 4. The van der Waals surface area contributed by atoms with E-state index in [0.29, 0.717) is 15.6 Å². The van der Waals surface area contributed by atoms with Crippen LogP contribution < -0.4 is 0 Å². The van der Waals surface area contributed by atoms with Gasteiger partial charge in [0.15, 0.2) is 5.78 Å². The SMILES string of the molecule is CC(=O)C(=Cc1cccc(Cl)c1Cl)C(=O)OC1CCC1. The van der Waals surface area contributed by atoms with Gasteiger partial charge in [-0.1, -0.05) is 35.3 Å². The lowest BCUT2D eigenvalue weighted by molar-refractivity contribution is -0.148. The molecule has 0 radical (unpaired) electrons. The molecule has 20 heavy (non-hydrogen) atoms. The molecule has 2 rings (SSSR count). The Morgan fingerprint density at radius 3 is 2.55 bits per heavy atom. The van der Waals surface area contributed by atoms with Crippen molar-refractivity contribution in [3.63, 3.8) is 0 Å². The predicted octanol–water partition coefficient (Wildman–Crippen LogP) is 4.06. The molecule has 0 aliphatic heterocycles. The zero-order valence-corrected chi connectivity index (χ0v) is 12.5. The summed E-state index contributed by atoms with van der Waals surface area (Å²) in [5, 5.41) is 0.681. The van der Waals surface area contributed by atoms with E-state index in [0.717, 1.165) is 19.3 Å². The number of hydrogen-bond acceptors (Lipinski definition) is 3. The second-order valence-corrected chi connectivity index (χ2v) is 5.50. The number of ether oxygens (including phenoxy) is 1. The monoisotopic (exact) mass is 312 g/mol. The average Bonchev–Trinajstić information content (AvgIpc) is 2.35. The fourth-order valence-electron chi connectivity index (χ4n) is 1.80. The van der Waals surface area contributed by atoms with Gasteiger partial charge in [0.05, 0.1) is 10.0 Å². The van der Waals surface area contributed by atoms with Crippen molar-refractivity contribution >= 4 is 41.0 Å². The zero-order chi connectivity index (χ0) is 14.7. The maximum atomic E-state index is 12.0. The molecule has 1 fully saturated rings. The van der Waals surface area contributed by atoms with E-state index in [2.05, 4.69) is 0 Å². The Morgan fingerprint density at radius 2 is 2.00 bits per heavy atom. The molecule has 106 valence electrons. The normalized spacial score (nSPS) is 15.7. The highest BCUT2D eigenvalue weighted by molar-refractivity contribution is 6.43. The van der Waals surface area contributed by atoms with E-state index >= 15 is 0 Å². The molecule has 0 saturated heterocycles. The van der Waals surface area contributed by atoms with Crippen LogP contribution in [0.1, 0.15) is 31.7 Å². The average molecular weight is 313 g/mol. The van der Waals surface area contributed by atoms with Crippen molar-refractivity contribution in [1.82, 2.24) is 0 Å². The summed E-state index contributed by atoms with van der Waals surface area (Å²) in [6, 6.07) is 5.03.